The molecule has 45 heavy (non-hydrogen) atoms. The van der Waals surface area contributed by atoms with E-state index in [9.17, 15) is 10.1 Å². The highest BCUT2D eigenvalue weighted by atomic mass is 35.5. The Morgan fingerprint density at radius 2 is 1.82 bits per heavy atom. The van der Waals surface area contributed by atoms with E-state index in [0.717, 1.165) is 16.5 Å². The third-order valence-corrected chi connectivity index (χ3v) is 8.18. The maximum absolute atomic E-state index is 13.1. The number of hydrogen-bond donors (Lipinski definition) is 1. The van der Waals surface area contributed by atoms with Crippen molar-refractivity contribution in [3.05, 3.63) is 128 Å². The molecule has 0 saturated carbocycles. The number of rotatable bonds is 7. The predicted molar refractivity (Wildman–Crippen MR) is 170 cm³/mol. The van der Waals surface area contributed by atoms with Crippen molar-refractivity contribution in [3.63, 3.8) is 0 Å². The van der Waals surface area contributed by atoms with Gasteiger partial charge in [0.05, 0.1) is 13.0 Å². The molecule has 2 N–H and O–H groups in total. The van der Waals surface area contributed by atoms with Crippen LogP contribution in [0.5, 0.6) is 23.0 Å². The van der Waals surface area contributed by atoms with Gasteiger partial charge in [0.25, 0.3) is 0 Å². The van der Waals surface area contributed by atoms with E-state index in [1.54, 1.807) is 48.5 Å². The predicted octanol–water partition coefficient (Wildman–Crippen LogP) is 8.38. The largest absolute Gasteiger partial charge is 0.493 e. The number of aryl methyl sites for hydroxylation is 2. The monoisotopic (exact) mass is 640 g/mol. The molecule has 226 valence electrons. The zero-order chi connectivity index (χ0) is 31.8. The number of methoxy groups -OCH3 is 1. The number of carbonyl (C=O) groups is 1. The van der Waals surface area contributed by atoms with Crippen molar-refractivity contribution in [3.8, 4) is 29.1 Å². The summed E-state index contributed by atoms with van der Waals surface area (Å²) in [5, 5.41) is 11.9. The molecule has 6 rings (SSSR count). The molecule has 0 radical (unpaired) electrons. The highest BCUT2D eigenvalue weighted by Gasteiger charge is 2.32. The molecule has 1 aliphatic rings. The first kappa shape index (κ1) is 29.9. The van der Waals surface area contributed by atoms with Crippen LogP contribution in [-0.4, -0.2) is 13.1 Å². The fourth-order valence-corrected chi connectivity index (χ4v) is 5.77. The van der Waals surface area contributed by atoms with Crippen LogP contribution in [0.2, 0.25) is 10.0 Å². The zero-order valence-corrected chi connectivity index (χ0v) is 26.0. The summed E-state index contributed by atoms with van der Waals surface area (Å²) in [7, 11) is 1.53. The molecule has 0 bridgehead atoms. The fraction of sp³-hybridized carbons (Fsp3) is 0.143. The minimum Gasteiger partial charge on any atom is -0.493 e. The average Bonchev–Trinajstić information content (AvgIpc) is 3.35. The van der Waals surface area contributed by atoms with E-state index in [2.05, 4.69) is 6.07 Å². The summed E-state index contributed by atoms with van der Waals surface area (Å²) < 4.78 is 29.0. The molecule has 1 unspecified atom stereocenters. The summed E-state index contributed by atoms with van der Waals surface area (Å²) in [6.45, 7) is 3.98. The van der Waals surface area contributed by atoms with Crippen molar-refractivity contribution in [1.29, 1.82) is 5.26 Å². The Hall–Kier alpha value is -5.10. The zero-order valence-electron chi connectivity index (χ0n) is 24.4. The molecule has 1 atom stereocenters. The average molecular weight is 642 g/mol. The Kier molecular flexibility index (Phi) is 8.07. The highest BCUT2D eigenvalue weighted by molar-refractivity contribution is 6.35. The molecule has 1 aromatic heterocycles. The lowest BCUT2D eigenvalue weighted by Crippen LogP contribution is -2.21. The first-order valence-corrected chi connectivity index (χ1v) is 14.6. The Morgan fingerprint density at radius 3 is 2.58 bits per heavy atom. The Bertz CT molecular complexity index is 2060. The fourth-order valence-electron chi connectivity index (χ4n) is 5.30. The van der Waals surface area contributed by atoms with Gasteiger partial charge in [-0.25, -0.2) is 4.79 Å². The summed E-state index contributed by atoms with van der Waals surface area (Å²) in [5.41, 5.74) is 10.9. The number of furan rings is 1. The topological polar surface area (TPSA) is 117 Å². The summed E-state index contributed by atoms with van der Waals surface area (Å²) in [6, 6.07) is 23.4. The standard InChI is InChI=1S/C35H26Cl2N2O6/c1-18-4-10-28-25(12-18)19(2)33(44-28)35(40)43-23-8-9-24-30(15-23)45-34(39)26(16-38)32(24)20-6-11-29(31(13-20)41-3)42-17-21-5-7-22(36)14-27(21)37/h4-15,32H,17,39H2,1-3H3. The van der Waals surface area contributed by atoms with Gasteiger partial charge in [0, 0.05) is 38.2 Å². The summed E-state index contributed by atoms with van der Waals surface area (Å²) >= 11 is 12.3. The van der Waals surface area contributed by atoms with Crippen LogP contribution in [0.25, 0.3) is 11.0 Å². The smallest absolute Gasteiger partial charge is 0.379 e. The second-order valence-corrected chi connectivity index (χ2v) is 11.3. The van der Waals surface area contributed by atoms with Crippen molar-refractivity contribution in [1.82, 2.24) is 0 Å². The van der Waals surface area contributed by atoms with Crippen LogP contribution in [0, 0.1) is 25.2 Å². The summed E-state index contributed by atoms with van der Waals surface area (Å²) in [4.78, 5) is 13.1. The first-order chi connectivity index (χ1) is 21.7. The van der Waals surface area contributed by atoms with E-state index in [4.69, 9.17) is 52.3 Å². The van der Waals surface area contributed by atoms with Gasteiger partial charge >= 0.3 is 5.97 Å². The minimum atomic E-state index is -0.643. The lowest BCUT2D eigenvalue weighted by atomic mass is 9.83. The van der Waals surface area contributed by atoms with Gasteiger partial charge < -0.3 is 29.1 Å². The molecule has 0 amide bonds. The number of nitrogens with zero attached hydrogens (tertiary/aromatic N) is 1. The van der Waals surface area contributed by atoms with Gasteiger partial charge in [-0.2, -0.15) is 5.26 Å². The van der Waals surface area contributed by atoms with Crippen LogP contribution >= 0.6 is 23.2 Å². The quantitative estimate of drug-likeness (QED) is 0.139. The van der Waals surface area contributed by atoms with Crippen molar-refractivity contribution >= 4 is 40.1 Å². The van der Waals surface area contributed by atoms with Crippen LogP contribution in [0.1, 0.15) is 44.3 Å². The molecule has 5 aromatic rings. The number of nitriles is 1. The summed E-state index contributed by atoms with van der Waals surface area (Å²) in [6.07, 6.45) is 0. The van der Waals surface area contributed by atoms with E-state index >= 15 is 0 Å². The SMILES string of the molecule is COc1cc(C2C(C#N)=C(N)Oc3cc(OC(=O)c4oc5ccc(C)cc5c4C)ccc32)ccc1OCc1ccc(Cl)cc1Cl. The molecular weight excluding hydrogens is 615 g/mol. The van der Waals surface area contributed by atoms with Crippen molar-refractivity contribution in [2.45, 2.75) is 26.4 Å². The molecular formula is C35H26Cl2N2O6. The van der Waals surface area contributed by atoms with E-state index in [0.29, 0.717) is 49.6 Å². The number of ether oxygens (including phenoxy) is 4. The molecule has 0 spiro atoms. The number of carbonyl (C=O) groups excluding carboxylic acids is 1. The molecule has 10 heteroatoms. The number of fused-ring (bicyclic) bond motifs is 2. The van der Waals surface area contributed by atoms with Crippen LogP contribution in [0.15, 0.2) is 88.7 Å². The third-order valence-electron chi connectivity index (χ3n) is 7.60. The van der Waals surface area contributed by atoms with E-state index in [1.165, 1.54) is 7.11 Å². The molecule has 0 saturated heterocycles. The summed E-state index contributed by atoms with van der Waals surface area (Å²) in [5.74, 6) is 0.328. The maximum atomic E-state index is 13.1. The van der Waals surface area contributed by atoms with Crippen LogP contribution in [0.3, 0.4) is 0 Å². The second-order valence-electron chi connectivity index (χ2n) is 10.5. The van der Waals surface area contributed by atoms with Crippen molar-refractivity contribution in [2.24, 2.45) is 5.73 Å². The molecule has 8 nitrogen and oxygen atoms in total. The van der Waals surface area contributed by atoms with Gasteiger partial charge in [0.2, 0.25) is 11.6 Å². The van der Waals surface area contributed by atoms with Gasteiger partial charge in [-0.3, -0.25) is 0 Å². The molecule has 1 aliphatic heterocycles. The number of halogens is 2. The lowest BCUT2D eigenvalue weighted by molar-refractivity contribution is 0.0702. The van der Waals surface area contributed by atoms with Crippen molar-refractivity contribution in [2.75, 3.05) is 7.11 Å². The van der Waals surface area contributed by atoms with Crippen molar-refractivity contribution < 1.29 is 28.2 Å². The Labute approximate surface area is 269 Å². The Balaban J connectivity index is 1.28. The van der Waals surface area contributed by atoms with E-state index in [-0.39, 0.29) is 29.6 Å². The van der Waals surface area contributed by atoms with Crippen LogP contribution in [0.4, 0.5) is 0 Å². The number of benzene rings is 4. The van der Waals surface area contributed by atoms with Gasteiger partial charge in [0.15, 0.2) is 11.5 Å². The van der Waals surface area contributed by atoms with Crippen LogP contribution < -0.4 is 24.7 Å². The van der Waals surface area contributed by atoms with E-state index in [1.807, 2.05) is 38.1 Å². The number of hydrogen-bond acceptors (Lipinski definition) is 8. The van der Waals surface area contributed by atoms with Crippen LogP contribution in [-0.2, 0) is 6.61 Å². The lowest BCUT2D eigenvalue weighted by Gasteiger charge is -2.27. The Morgan fingerprint density at radius 1 is 1.00 bits per heavy atom. The molecule has 0 fully saturated rings. The second kappa shape index (κ2) is 12.1. The number of allylic oxidation sites excluding steroid dienone is 1. The first-order valence-electron chi connectivity index (χ1n) is 13.8. The van der Waals surface area contributed by atoms with Gasteiger partial charge in [0.1, 0.15) is 35.3 Å². The molecule has 2 heterocycles. The van der Waals surface area contributed by atoms with Gasteiger partial charge in [-0.15, -0.1) is 0 Å². The van der Waals surface area contributed by atoms with Gasteiger partial charge in [-0.1, -0.05) is 53.0 Å². The third kappa shape index (κ3) is 5.76. The number of nitrogens with two attached hydrogens (primary N) is 1. The number of esters is 1. The van der Waals surface area contributed by atoms with Gasteiger partial charge in [-0.05, 0) is 61.9 Å². The maximum Gasteiger partial charge on any atom is 0.379 e. The molecule has 4 aromatic carbocycles. The van der Waals surface area contributed by atoms with E-state index < -0.39 is 11.9 Å². The molecule has 0 aliphatic carbocycles. The normalized spacial score (nSPS) is 14.0. The highest BCUT2D eigenvalue weighted by Crippen LogP contribution is 2.45. The minimum absolute atomic E-state index is 0.0568.